The zero-order valence-electron chi connectivity index (χ0n) is 10.5. The van der Waals surface area contributed by atoms with Gasteiger partial charge in [-0.15, -0.1) is 0 Å². The molecule has 0 fully saturated rings. The molecule has 0 amide bonds. The monoisotopic (exact) mass is 222 g/mol. The molecular formula is C10H14MgO4. The molecule has 0 aromatic heterocycles. The molecule has 1 atom stereocenters. The molecule has 0 spiro atoms. The molecule has 2 N–H and O–H groups in total. The molecular weight excluding hydrogens is 208 g/mol. The Labute approximate surface area is 107 Å². The molecule has 1 aliphatic rings. The van der Waals surface area contributed by atoms with Crippen molar-refractivity contribution in [2.45, 2.75) is 6.42 Å². The van der Waals surface area contributed by atoms with Gasteiger partial charge in [-0.3, -0.25) is 0 Å². The Morgan fingerprint density at radius 1 is 1.73 bits per heavy atom. The van der Waals surface area contributed by atoms with Crippen molar-refractivity contribution in [2.75, 3.05) is 7.11 Å². The molecule has 15 heavy (non-hydrogen) atoms. The van der Waals surface area contributed by atoms with Gasteiger partial charge in [0.2, 0.25) is 0 Å². The summed E-state index contributed by atoms with van der Waals surface area (Å²) in [7, 11) is 1.47. The van der Waals surface area contributed by atoms with Crippen molar-refractivity contribution >= 4 is 29.0 Å². The number of rotatable bonds is 3. The third kappa shape index (κ3) is 4.39. The van der Waals surface area contributed by atoms with Crippen molar-refractivity contribution in [3.63, 3.8) is 0 Å². The fourth-order valence-corrected chi connectivity index (χ4v) is 1.22. The number of aliphatic carboxylic acids is 1. The molecule has 0 saturated carbocycles. The summed E-state index contributed by atoms with van der Waals surface area (Å²) >= 11 is 0. The van der Waals surface area contributed by atoms with E-state index in [0.29, 0.717) is 12.2 Å². The van der Waals surface area contributed by atoms with Gasteiger partial charge >= 0.3 is 29.0 Å². The van der Waals surface area contributed by atoms with Gasteiger partial charge < -0.3 is 17.8 Å². The van der Waals surface area contributed by atoms with Crippen LogP contribution in [-0.4, -0.2) is 46.3 Å². The van der Waals surface area contributed by atoms with Crippen LogP contribution in [-0.2, 0) is 9.53 Å². The number of carbonyl (C=O) groups is 1. The van der Waals surface area contributed by atoms with E-state index in [-0.39, 0.29) is 37.6 Å². The standard InChI is InChI=1S/C10H12O4.Mg.2H/c1-14-9-6-7(2-4-8(9)11)3-5-10(12)13;;;/h2-5,7,11H,6H2,1H3,(H,12,13);;;/q;+2;2*-1. The number of carboxylic acid groups (broad SMARTS) is 1. The van der Waals surface area contributed by atoms with Crippen LogP contribution in [0.3, 0.4) is 0 Å². The summed E-state index contributed by atoms with van der Waals surface area (Å²) < 4.78 is 4.94. The molecule has 5 heteroatoms. The van der Waals surface area contributed by atoms with Crippen LogP contribution in [0.15, 0.2) is 35.8 Å². The second-order valence-corrected chi connectivity index (χ2v) is 2.94. The van der Waals surface area contributed by atoms with E-state index < -0.39 is 5.97 Å². The van der Waals surface area contributed by atoms with Crippen LogP contribution < -0.4 is 0 Å². The molecule has 0 bridgehead atoms. The van der Waals surface area contributed by atoms with Crippen molar-refractivity contribution in [1.29, 1.82) is 0 Å². The first-order chi connectivity index (χ1) is 6.63. The van der Waals surface area contributed by atoms with Crippen LogP contribution in [0.5, 0.6) is 0 Å². The minimum absolute atomic E-state index is 0. The molecule has 0 aromatic carbocycles. The van der Waals surface area contributed by atoms with E-state index in [0.717, 1.165) is 6.08 Å². The quantitative estimate of drug-likeness (QED) is 0.560. The van der Waals surface area contributed by atoms with Crippen LogP contribution in [0.4, 0.5) is 0 Å². The Bertz CT molecular complexity index is 326. The van der Waals surface area contributed by atoms with E-state index in [2.05, 4.69) is 0 Å². The van der Waals surface area contributed by atoms with Gasteiger partial charge in [-0.1, -0.05) is 12.2 Å². The second-order valence-electron chi connectivity index (χ2n) is 2.94. The molecule has 1 unspecified atom stereocenters. The van der Waals surface area contributed by atoms with Gasteiger partial charge in [0.15, 0.2) is 5.76 Å². The SMILES string of the molecule is COC1=C(O)C=CC(C=CC(=O)O)C1.[H-].[H-].[Mg+2]. The van der Waals surface area contributed by atoms with E-state index >= 15 is 0 Å². The summed E-state index contributed by atoms with van der Waals surface area (Å²) in [5.74, 6) is -0.423. The number of hydrogen-bond donors (Lipinski definition) is 2. The van der Waals surface area contributed by atoms with Crippen molar-refractivity contribution in [3.8, 4) is 0 Å². The zero-order chi connectivity index (χ0) is 10.6. The first-order valence-electron chi connectivity index (χ1n) is 4.19. The first-order valence-corrected chi connectivity index (χ1v) is 4.19. The van der Waals surface area contributed by atoms with Gasteiger partial charge in [-0.25, -0.2) is 4.79 Å². The molecule has 4 nitrogen and oxygen atoms in total. The molecule has 1 aliphatic carbocycles. The van der Waals surface area contributed by atoms with Crippen molar-refractivity contribution < 1.29 is 22.6 Å². The Morgan fingerprint density at radius 3 is 2.93 bits per heavy atom. The summed E-state index contributed by atoms with van der Waals surface area (Å²) in [5.41, 5.74) is 0. The van der Waals surface area contributed by atoms with E-state index in [1.54, 1.807) is 12.2 Å². The van der Waals surface area contributed by atoms with Gasteiger partial charge in [0.1, 0.15) is 5.76 Å². The molecule has 0 heterocycles. The number of allylic oxidation sites excluding steroid dienone is 4. The van der Waals surface area contributed by atoms with Crippen molar-refractivity contribution in [2.24, 2.45) is 5.92 Å². The summed E-state index contributed by atoms with van der Waals surface area (Å²) in [4.78, 5) is 10.3. The number of methoxy groups -OCH3 is 1. The Kier molecular flexibility index (Phi) is 6.11. The summed E-state index contributed by atoms with van der Waals surface area (Å²) in [5, 5.41) is 17.7. The Balaban J connectivity index is -0.000000653. The molecule has 0 radical (unpaired) electrons. The third-order valence-electron chi connectivity index (χ3n) is 1.94. The second kappa shape index (κ2) is 6.52. The topological polar surface area (TPSA) is 66.8 Å². The van der Waals surface area contributed by atoms with Gasteiger partial charge in [0, 0.05) is 18.4 Å². The maximum Gasteiger partial charge on any atom is 2.00 e. The summed E-state index contributed by atoms with van der Waals surface area (Å²) in [6.45, 7) is 0. The number of hydrogen-bond acceptors (Lipinski definition) is 3. The van der Waals surface area contributed by atoms with Crippen LogP contribution in [0.25, 0.3) is 0 Å². The third-order valence-corrected chi connectivity index (χ3v) is 1.94. The smallest absolute Gasteiger partial charge is 1.00 e. The summed E-state index contributed by atoms with van der Waals surface area (Å²) in [6.07, 6.45) is 6.38. The maximum atomic E-state index is 10.3. The normalized spacial score (nSPS) is 20.2. The van der Waals surface area contributed by atoms with E-state index in [4.69, 9.17) is 9.84 Å². The van der Waals surface area contributed by atoms with Gasteiger partial charge in [0.25, 0.3) is 0 Å². The van der Waals surface area contributed by atoms with Gasteiger partial charge in [-0.2, -0.15) is 0 Å². The molecule has 1 rings (SSSR count). The zero-order valence-corrected chi connectivity index (χ0v) is 9.93. The van der Waals surface area contributed by atoms with Gasteiger partial charge in [-0.05, 0) is 6.08 Å². The Hall–Kier alpha value is -0.944. The Morgan fingerprint density at radius 2 is 2.40 bits per heavy atom. The average molecular weight is 223 g/mol. The van der Waals surface area contributed by atoms with Crippen LogP contribution in [0.2, 0.25) is 0 Å². The minimum Gasteiger partial charge on any atom is -1.00 e. The number of ether oxygens (including phenoxy) is 1. The molecule has 0 saturated heterocycles. The van der Waals surface area contributed by atoms with E-state index in [1.165, 1.54) is 13.2 Å². The predicted molar refractivity (Wildman–Crippen MR) is 58.7 cm³/mol. The number of carboxylic acids is 1. The van der Waals surface area contributed by atoms with E-state index in [1.807, 2.05) is 0 Å². The minimum atomic E-state index is -0.976. The first kappa shape index (κ1) is 14.1. The molecule has 80 valence electrons. The van der Waals surface area contributed by atoms with Crippen LogP contribution >= 0.6 is 0 Å². The van der Waals surface area contributed by atoms with Crippen LogP contribution in [0.1, 0.15) is 9.27 Å². The largest absolute Gasteiger partial charge is 2.00 e. The number of aliphatic hydroxyl groups excluding tert-OH is 1. The number of aliphatic hydroxyl groups is 1. The average Bonchev–Trinajstić information content (AvgIpc) is 2.16. The van der Waals surface area contributed by atoms with E-state index in [9.17, 15) is 9.90 Å². The summed E-state index contributed by atoms with van der Waals surface area (Å²) in [6, 6.07) is 0. The predicted octanol–water partition coefficient (Wildman–Crippen LogP) is 1.46. The molecule has 0 aliphatic heterocycles. The van der Waals surface area contributed by atoms with Gasteiger partial charge in [0.05, 0.1) is 7.11 Å². The fourth-order valence-electron chi connectivity index (χ4n) is 1.22. The van der Waals surface area contributed by atoms with Crippen LogP contribution in [0, 0.1) is 5.92 Å². The fraction of sp³-hybridized carbons (Fsp3) is 0.300. The van der Waals surface area contributed by atoms with Crippen molar-refractivity contribution in [1.82, 2.24) is 0 Å². The molecule has 0 aromatic rings. The maximum absolute atomic E-state index is 10.3. The van der Waals surface area contributed by atoms with Crippen molar-refractivity contribution in [3.05, 3.63) is 35.8 Å².